The highest BCUT2D eigenvalue weighted by atomic mass is 16.5. The maximum absolute atomic E-state index is 4.95. The fourth-order valence-electron chi connectivity index (χ4n) is 0.897. The van der Waals surface area contributed by atoms with Gasteiger partial charge in [0.05, 0.1) is 0 Å². The number of nitrogens with zero attached hydrogens (tertiary/aromatic N) is 2. The molecule has 0 unspecified atom stereocenters. The first kappa shape index (κ1) is 7.28. The number of methoxy groups -OCH3 is 1. The molecule has 0 aliphatic heterocycles. The Labute approximate surface area is 60.6 Å². The summed E-state index contributed by atoms with van der Waals surface area (Å²) in [6, 6.07) is 0. The van der Waals surface area contributed by atoms with Crippen molar-refractivity contribution in [1.82, 2.24) is 9.55 Å². The van der Waals surface area contributed by atoms with Crippen LogP contribution in [0.1, 0.15) is 12.7 Å². The van der Waals surface area contributed by atoms with Gasteiger partial charge in [-0.05, 0) is 6.92 Å². The average Bonchev–Trinajstić information content (AvgIpc) is 2.36. The molecular formula is C7H12N2O. The van der Waals surface area contributed by atoms with E-state index < -0.39 is 0 Å². The minimum Gasteiger partial charge on any atom is -0.377 e. The van der Waals surface area contributed by atoms with Gasteiger partial charge in [-0.2, -0.15) is 0 Å². The smallest absolute Gasteiger partial charge is 0.134 e. The minimum absolute atomic E-state index is 0.598. The van der Waals surface area contributed by atoms with Gasteiger partial charge in [-0.3, -0.25) is 0 Å². The third-order valence-corrected chi connectivity index (χ3v) is 1.42. The number of aryl methyl sites for hydroxylation is 1. The SMILES string of the molecule is CCn1ccnc1COC. The third kappa shape index (κ3) is 1.36. The van der Waals surface area contributed by atoms with Gasteiger partial charge in [-0.1, -0.05) is 0 Å². The summed E-state index contributed by atoms with van der Waals surface area (Å²) in [5.41, 5.74) is 0. The quantitative estimate of drug-likeness (QED) is 0.627. The van der Waals surface area contributed by atoms with Crippen LogP contribution in [0, 0.1) is 0 Å². The van der Waals surface area contributed by atoms with Crippen molar-refractivity contribution in [1.29, 1.82) is 0 Å². The standard InChI is InChI=1S/C7H12N2O/c1-3-9-5-4-8-7(9)6-10-2/h4-5H,3,6H2,1-2H3. The number of hydrogen-bond acceptors (Lipinski definition) is 2. The lowest BCUT2D eigenvalue weighted by Crippen LogP contribution is -2.01. The summed E-state index contributed by atoms with van der Waals surface area (Å²) in [5, 5.41) is 0. The molecule has 10 heavy (non-hydrogen) atoms. The van der Waals surface area contributed by atoms with E-state index in [9.17, 15) is 0 Å². The molecule has 0 amide bonds. The largest absolute Gasteiger partial charge is 0.377 e. The minimum atomic E-state index is 0.598. The molecule has 0 N–H and O–H groups in total. The third-order valence-electron chi connectivity index (χ3n) is 1.42. The molecule has 1 rings (SSSR count). The van der Waals surface area contributed by atoms with E-state index in [0.29, 0.717) is 6.61 Å². The Morgan fingerprint density at radius 1 is 1.70 bits per heavy atom. The summed E-state index contributed by atoms with van der Waals surface area (Å²) in [7, 11) is 1.68. The summed E-state index contributed by atoms with van der Waals surface area (Å²) in [6.07, 6.45) is 3.74. The predicted molar refractivity (Wildman–Crippen MR) is 38.6 cm³/mol. The van der Waals surface area contributed by atoms with Crippen LogP contribution < -0.4 is 0 Å². The van der Waals surface area contributed by atoms with Gasteiger partial charge in [0.1, 0.15) is 12.4 Å². The summed E-state index contributed by atoms with van der Waals surface area (Å²) in [6.45, 7) is 3.64. The highest BCUT2D eigenvalue weighted by Gasteiger charge is 1.97. The van der Waals surface area contributed by atoms with Crippen molar-refractivity contribution < 1.29 is 4.74 Å². The summed E-state index contributed by atoms with van der Waals surface area (Å²) >= 11 is 0. The second kappa shape index (κ2) is 3.37. The Kier molecular flexibility index (Phi) is 2.45. The van der Waals surface area contributed by atoms with Crippen molar-refractivity contribution in [3.8, 4) is 0 Å². The molecule has 0 bridgehead atoms. The zero-order valence-electron chi connectivity index (χ0n) is 6.37. The van der Waals surface area contributed by atoms with E-state index in [1.54, 1.807) is 13.3 Å². The highest BCUT2D eigenvalue weighted by Crippen LogP contribution is 1.97. The van der Waals surface area contributed by atoms with E-state index in [4.69, 9.17) is 4.74 Å². The molecule has 0 saturated heterocycles. The van der Waals surface area contributed by atoms with E-state index in [1.165, 1.54) is 0 Å². The number of imidazole rings is 1. The molecular weight excluding hydrogens is 128 g/mol. The van der Waals surface area contributed by atoms with Crippen LogP contribution in [0.2, 0.25) is 0 Å². The second-order valence-corrected chi connectivity index (χ2v) is 2.06. The number of rotatable bonds is 3. The van der Waals surface area contributed by atoms with Crippen LogP contribution in [-0.2, 0) is 17.9 Å². The summed E-state index contributed by atoms with van der Waals surface area (Å²) < 4.78 is 7.00. The molecule has 0 aliphatic carbocycles. The number of ether oxygens (including phenoxy) is 1. The number of hydrogen-bond donors (Lipinski definition) is 0. The van der Waals surface area contributed by atoms with Crippen molar-refractivity contribution in [2.45, 2.75) is 20.1 Å². The van der Waals surface area contributed by atoms with Crippen LogP contribution in [0.4, 0.5) is 0 Å². The van der Waals surface area contributed by atoms with Gasteiger partial charge in [0, 0.05) is 26.0 Å². The molecule has 0 atom stereocenters. The molecule has 1 aromatic rings. The van der Waals surface area contributed by atoms with Crippen molar-refractivity contribution in [2.75, 3.05) is 7.11 Å². The molecule has 0 saturated carbocycles. The van der Waals surface area contributed by atoms with E-state index in [2.05, 4.69) is 16.5 Å². The maximum atomic E-state index is 4.95. The number of aromatic nitrogens is 2. The Bertz CT molecular complexity index is 195. The van der Waals surface area contributed by atoms with Gasteiger partial charge >= 0.3 is 0 Å². The van der Waals surface area contributed by atoms with Gasteiger partial charge in [0.25, 0.3) is 0 Å². The molecule has 0 radical (unpaired) electrons. The Balaban J connectivity index is 2.70. The highest BCUT2D eigenvalue weighted by molar-refractivity contribution is 4.89. The summed E-state index contributed by atoms with van der Waals surface area (Å²) in [5.74, 6) is 0.991. The molecule has 0 aromatic carbocycles. The average molecular weight is 140 g/mol. The van der Waals surface area contributed by atoms with Crippen LogP contribution in [0.15, 0.2) is 12.4 Å². The van der Waals surface area contributed by atoms with Crippen LogP contribution in [0.5, 0.6) is 0 Å². The molecule has 56 valence electrons. The second-order valence-electron chi connectivity index (χ2n) is 2.06. The van der Waals surface area contributed by atoms with Gasteiger partial charge in [-0.25, -0.2) is 4.98 Å². The predicted octanol–water partition coefficient (Wildman–Crippen LogP) is 1.05. The van der Waals surface area contributed by atoms with Crippen molar-refractivity contribution in [3.63, 3.8) is 0 Å². The summed E-state index contributed by atoms with van der Waals surface area (Å²) in [4.78, 5) is 4.11. The van der Waals surface area contributed by atoms with Crippen molar-refractivity contribution in [2.24, 2.45) is 0 Å². The molecule has 1 aromatic heterocycles. The molecule has 0 fully saturated rings. The molecule has 1 heterocycles. The first-order chi connectivity index (χ1) is 4.88. The molecule has 3 nitrogen and oxygen atoms in total. The maximum Gasteiger partial charge on any atom is 0.134 e. The van der Waals surface area contributed by atoms with Gasteiger partial charge in [0.2, 0.25) is 0 Å². The first-order valence-corrected chi connectivity index (χ1v) is 3.37. The molecule has 3 heteroatoms. The van der Waals surface area contributed by atoms with Crippen LogP contribution in [0.25, 0.3) is 0 Å². The van der Waals surface area contributed by atoms with Crippen LogP contribution in [-0.4, -0.2) is 16.7 Å². The van der Waals surface area contributed by atoms with E-state index in [-0.39, 0.29) is 0 Å². The van der Waals surface area contributed by atoms with Crippen LogP contribution >= 0.6 is 0 Å². The van der Waals surface area contributed by atoms with E-state index >= 15 is 0 Å². The fraction of sp³-hybridized carbons (Fsp3) is 0.571. The van der Waals surface area contributed by atoms with E-state index in [1.807, 2.05) is 6.20 Å². The Morgan fingerprint density at radius 2 is 2.50 bits per heavy atom. The normalized spacial score (nSPS) is 10.2. The van der Waals surface area contributed by atoms with Gasteiger partial charge < -0.3 is 9.30 Å². The lowest BCUT2D eigenvalue weighted by atomic mass is 10.6. The molecule has 0 aliphatic rings. The lowest BCUT2D eigenvalue weighted by molar-refractivity contribution is 0.174. The van der Waals surface area contributed by atoms with Crippen LogP contribution in [0.3, 0.4) is 0 Å². The zero-order chi connectivity index (χ0) is 7.40. The van der Waals surface area contributed by atoms with Crippen molar-refractivity contribution >= 4 is 0 Å². The fourth-order valence-corrected chi connectivity index (χ4v) is 0.897. The van der Waals surface area contributed by atoms with Gasteiger partial charge in [-0.15, -0.1) is 0 Å². The van der Waals surface area contributed by atoms with Gasteiger partial charge in [0.15, 0.2) is 0 Å². The van der Waals surface area contributed by atoms with E-state index in [0.717, 1.165) is 12.4 Å². The topological polar surface area (TPSA) is 27.1 Å². The first-order valence-electron chi connectivity index (χ1n) is 3.37. The Morgan fingerprint density at radius 3 is 3.10 bits per heavy atom. The molecule has 0 spiro atoms. The lowest BCUT2D eigenvalue weighted by Gasteiger charge is -2.01. The zero-order valence-corrected chi connectivity index (χ0v) is 6.37. The van der Waals surface area contributed by atoms with Crippen molar-refractivity contribution in [3.05, 3.63) is 18.2 Å². The monoisotopic (exact) mass is 140 g/mol. The Hall–Kier alpha value is -0.830.